The lowest BCUT2D eigenvalue weighted by Gasteiger charge is -2.12. The van der Waals surface area contributed by atoms with Gasteiger partial charge < -0.3 is 9.47 Å². The summed E-state index contributed by atoms with van der Waals surface area (Å²) in [6.45, 7) is 1.76. The van der Waals surface area contributed by atoms with Crippen LogP contribution in [0.15, 0.2) is 47.2 Å². The van der Waals surface area contributed by atoms with Gasteiger partial charge in [-0.05, 0) is 34.6 Å². The van der Waals surface area contributed by atoms with Gasteiger partial charge in [0.1, 0.15) is 12.4 Å². The maximum atomic E-state index is 5.55. The van der Waals surface area contributed by atoms with Gasteiger partial charge in [0.2, 0.25) is 4.77 Å². The van der Waals surface area contributed by atoms with Crippen LogP contribution in [0.4, 0.5) is 0 Å². The molecule has 0 bridgehead atoms. The molecule has 0 spiro atoms. The van der Waals surface area contributed by atoms with Gasteiger partial charge in [0.05, 0.1) is 7.05 Å². The SMILES string of the molecule is Cn1c(Cc2ccccc2)nn(C[NH+](C)Cc2ccsc2)c1=S. The van der Waals surface area contributed by atoms with Crippen molar-refractivity contribution in [1.29, 1.82) is 0 Å². The summed E-state index contributed by atoms with van der Waals surface area (Å²) >= 11 is 7.29. The molecule has 0 saturated carbocycles. The summed E-state index contributed by atoms with van der Waals surface area (Å²) in [7, 11) is 4.17. The van der Waals surface area contributed by atoms with E-state index >= 15 is 0 Å². The first-order chi connectivity index (χ1) is 11.1. The second-order valence-electron chi connectivity index (χ2n) is 5.84. The Bertz CT molecular complexity index is 803. The Balaban J connectivity index is 1.73. The van der Waals surface area contributed by atoms with E-state index in [1.165, 1.54) is 16.0 Å². The molecule has 1 N–H and O–H groups in total. The van der Waals surface area contributed by atoms with Crippen LogP contribution in [0, 0.1) is 4.77 Å². The zero-order chi connectivity index (χ0) is 16.2. The molecule has 3 aromatic rings. The molecule has 0 radical (unpaired) electrons. The molecule has 2 aromatic heterocycles. The van der Waals surface area contributed by atoms with E-state index in [0.717, 1.165) is 30.2 Å². The van der Waals surface area contributed by atoms with Crippen LogP contribution in [0.25, 0.3) is 0 Å². The van der Waals surface area contributed by atoms with Crippen LogP contribution in [0.2, 0.25) is 0 Å². The van der Waals surface area contributed by atoms with Crippen molar-refractivity contribution in [3.05, 3.63) is 68.9 Å². The molecule has 0 aliphatic rings. The lowest BCUT2D eigenvalue weighted by Crippen LogP contribution is -3.06. The second kappa shape index (κ2) is 7.21. The number of aromatic nitrogens is 3. The highest BCUT2D eigenvalue weighted by Gasteiger charge is 2.12. The van der Waals surface area contributed by atoms with Crippen LogP contribution in [-0.2, 0) is 26.7 Å². The molecule has 1 aromatic carbocycles. The molecule has 1 unspecified atom stereocenters. The number of rotatable bonds is 6. The van der Waals surface area contributed by atoms with Crippen molar-refractivity contribution in [3.8, 4) is 0 Å². The Hall–Kier alpha value is -1.76. The molecule has 0 aliphatic heterocycles. The van der Waals surface area contributed by atoms with Crippen molar-refractivity contribution >= 4 is 23.6 Å². The summed E-state index contributed by atoms with van der Waals surface area (Å²) < 4.78 is 4.73. The average Bonchev–Trinajstić information content (AvgIpc) is 3.13. The van der Waals surface area contributed by atoms with Gasteiger partial charge in [-0.2, -0.15) is 21.1 Å². The fraction of sp³-hybridized carbons (Fsp3) is 0.294. The van der Waals surface area contributed by atoms with Gasteiger partial charge in [0, 0.05) is 19.0 Å². The van der Waals surface area contributed by atoms with Gasteiger partial charge >= 0.3 is 0 Å². The summed E-state index contributed by atoms with van der Waals surface area (Å²) in [5.41, 5.74) is 2.61. The van der Waals surface area contributed by atoms with Crippen LogP contribution >= 0.6 is 23.6 Å². The van der Waals surface area contributed by atoms with Crippen molar-refractivity contribution < 1.29 is 4.90 Å². The number of nitrogens with one attached hydrogen (secondary N) is 1. The molecule has 0 amide bonds. The molecular weight excluding hydrogens is 324 g/mol. The third kappa shape index (κ3) is 3.96. The number of nitrogens with zero attached hydrogens (tertiary/aromatic N) is 3. The van der Waals surface area contributed by atoms with Gasteiger partial charge in [-0.15, -0.1) is 0 Å². The number of hydrogen-bond donors (Lipinski definition) is 1. The summed E-state index contributed by atoms with van der Waals surface area (Å²) in [4.78, 5) is 1.36. The van der Waals surface area contributed by atoms with Gasteiger partial charge in [0.15, 0.2) is 6.67 Å². The fourth-order valence-electron chi connectivity index (χ4n) is 2.62. The molecule has 0 aliphatic carbocycles. The van der Waals surface area contributed by atoms with E-state index in [4.69, 9.17) is 17.3 Å². The van der Waals surface area contributed by atoms with Crippen LogP contribution < -0.4 is 4.90 Å². The molecule has 0 fully saturated rings. The second-order valence-corrected chi connectivity index (χ2v) is 6.99. The van der Waals surface area contributed by atoms with Crippen molar-refractivity contribution in [2.24, 2.45) is 7.05 Å². The normalized spacial score (nSPS) is 12.4. The summed E-state index contributed by atoms with van der Waals surface area (Å²) in [5.74, 6) is 1.00. The summed E-state index contributed by atoms with van der Waals surface area (Å²) in [6.07, 6.45) is 0.803. The van der Waals surface area contributed by atoms with Gasteiger partial charge in [-0.3, -0.25) is 0 Å². The summed E-state index contributed by atoms with van der Waals surface area (Å²) in [5, 5.41) is 9.05. The van der Waals surface area contributed by atoms with E-state index < -0.39 is 0 Å². The molecule has 2 heterocycles. The van der Waals surface area contributed by atoms with Crippen LogP contribution in [0.1, 0.15) is 17.0 Å². The topological polar surface area (TPSA) is 27.2 Å². The van der Waals surface area contributed by atoms with E-state index in [0.29, 0.717) is 0 Å². The van der Waals surface area contributed by atoms with Crippen molar-refractivity contribution in [3.63, 3.8) is 0 Å². The third-order valence-electron chi connectivity index (χ3n) is 3.84. The van der Waals surface area contributed by atoms with Crippen LogP contribution in [-0.4, -0.2) is 21.4 Å². The predicted molar refractivity (Wildman–Crippen MR) is 96.2 cm³/mol. The monoisotopic (exact) mass is 345 g/mol. The number of quaternary nitrogens is 1. The predicted octanol–water partition coefficient (Wildman–Crippen LogP) is 2.28. The molecule has 120 valence electrons. The third-order valence-corrected chi connectivity index (χ3v) is 5.06. The molecule has 0 saturated heterocycles. The van der Waals surface area contributed by atoms with Gasteiger partial charge in [0.25, 0.3) is 0 Å². The van der Waals surface area contributed by atoms with Crippen molar-refractivity contribution in [1.82, 2.24) is 14.3 Å². The van der Waals surface area contributed by atoms with E-state index in [1.807, 2.05) is 22.4 Å². The number of thiophene rings is 1. The quantitative estimate of drug-likeness (QED) is 0.694. The van der Waals surface area contributed by atoms with Crippen molar-refractivity contribution in [2.75, 3.05) is 7.05 Å². The molecule has 23 heavy (non-hydrogen) atoms. The first-order valence-corrected chi connectivity index (χ1v) is 8.97. The Labute approximate surface area is 145 Å². The number of hydrogen-bond acceptors (Lipinski definition) is 3. The standard InChI is InChI=1S/C17H20N4S2/c1-19(11-15-8-9-23-12-15)13-21-17(22)20(2)16(18-21)10-14-6-4-3-5-7-14/h3-9,12H,10-11,13H2,1-2H3/p+1. The Morgan fingerprint density at radius 3 is 2.65 bits per heavy atom. The smallest absolute Gasteiger partial charge is 0.202 e. The van der Waals surface area contributed by atoms with E-state index in [1.54, 1.807) is 11.3 Å². The van der Waals surface area contributed by atoms with Crippen LogP contribution in [0.3, 0.4) is 0 Å². The van der Waals surface area contributed by atoms with Crippen LogP contribution in [0.5, 0.6) is 0 Å². The average molecular weight is 346 g/mol. The first kappa shape index (κ1) is 16.1. The summed E-state index contributed by atoms with van der Waals surface area (Å²) in [6, 6.07) is 12.6. The molecule has 3 rings (SSSR count). The van der Waals surface area contributed by atoms with E-state index in [9.17, 15) is 0 Å². The minimum atomic E-state index is 0.775. The molecule has 1 atom stereocenters. The minimum absolute atomic E-state index is 0.775. The highest BCUT2D eigenvalue weighted by Crippen LogP contribution is 2.08. The highest BCUT2D eigenvalue weighted by molar-refractivity contribution is 7.71. The number of benzene rings is 1. The zero-order valence-corrected chi connectivity index (χ0v) is 15.0. The molecule has 6 heteroatoms. The Morgan fingerprint density at radius 2 is 1.96 bits per heavy atom. The van der Waals surface area contributed by atoms with E-state index in [2.05, 4.69) is 48.1 Å². The van der Waals surface area contributed by atoms with Gasteiger partial charge in [-0.25, -0.2) is 0 Å². The lowest BCUT2D eigenvalue weighted by atomic mass is 10.1. The lowest BCUT2D eigenvalue weighted by molar-refractivity contribution is -0.917. The fourth-order valence-corrected chi connectivity index (χ4v) is 3.50. The highest BCUT2D eigenvalue weighted by atomic mass is 32.1. The largest absolute Gasteiger partial charge is 0.315 e. The van der Waals surface area contributed by atoms with Gasteiger partial charge in [-0.1, -0.05) is 30.3 Å². The molecular formula is C17H21N4S2+. The first-order valence-electron chi connectivity index (χ1n) is 7.62. The Kier molecular flexibility index (Phi) is 5.05. The Morgan fingerprint density at radius 1 is 1.17 bits per heavy atom. The van der Waals surface area contributed by atoms with Crippen molar-refractivity contribution in [2.45, 2.75) is 19.6 Å². The molecule has 4 nitrogen and oxygen atoms in total. The van der Waals surface area contributed by atoms with E-state index in [-0.39, 0.29) is 0 Å². The maximum absolute atomic E-state index is 5.55. The zero-order valence-electron chi connectivity index (χ0n) is 13.4. The maximum Gasteiger partial charge on any atom is 0.202 e. The minimum Gasteiger partial charge on any atom is -0.315 e.